The highest BCUT2D eigenvalue weighted by Gasteiger charge is 2.35. The highest BCUT2D eigenvalue weighted by atomic mass is 16.5. The average Bonchev–Trinajstić information content (AvgIpc) is 3.38. The Kier molecular flexibility index (Phi) is 31.0. The lowest BCUT2D eigenvalue weighted by Gasteiger charge is -2.29. The van der Waals surface area contributed by atoms with E-state index in [2.05, 4.69) is 120 Å². The number of benzene rings is 5. The predicted molar refractivity (Wildman–Crippen MR) is 347 cm³/mol. The van der Waals surface area contributed by atoms with Crippen LogP contribution in [-0.4, -0.2) is 124 Å². The van der Waals surface area contributed by atoms with Crippen molar-refractivity contribution in [3.63, 3.8) is 0 Å². The number of para-hydroxylation sites is 2. The van der Waals surface area contributed by atoms with Crippen LogP contribution in [0, 0.1) is 31.6 Å². The quantitative estimate of drug-likeness (QED) is 0.0819. The summed E-state index contributed by atoms with van der Waals surface area (Å²) in [6, 6.07) is 46.6. The smallest absolute Gasteiger partial charge is 0.147 e. The van der Waals surface area contributed by atoms with E-state index in [1.54, 1.807) is 47.9 Å². The van der Waals surface area contributed by atoms with E-state index < -0.39 is 0 Å². The van der Waals surface area contributed by atoms with Gasteiger partial charge in [-0.05, 0) is 156 Å². The summed E-state index contributed by atoms with van der Waals surface area (Å²) >= 11 is 0. The molecule has 9 rings (SSSR count). The minimum absolute atomic E-state index is 0.01000. The zero-order valence-corrected chi connectivity index (χ0v) is 54.0. The number of carbonyl (C=O) groups is 6. The number of Topliss-reactive ketones (excluding diaryl/α,β-unsaturated/α-hetero) is 6. The number of nitrogens with zero attached hydrogens (tertiary/aromatic N) is 4. The Morgan fingerprint density at radius 1 is 0.477 bits per heavy atom. The molecule has 0 amide bonds. The number of likely N-dealkylation sites (N-methyl/N-ethyl adjacent to an activating group) is 3. The van der Waals surface area contributed by atoms with Gasteiger partial charge in [0, 0.05) is 56.7 Å². The van der Waals surface area contributed by atoms with Gasteiger partial charge in [0.25, 0.3) is 0 Å². The maximum atomic E-state index is 11.4. The number of ketones is 6. The Hall–Kier alpha value is -7.19. The topological polar surface area (TPSA) is 159 Å². The first-order chi connectivity index (χ1) is 41.0. The number of hydrogen-bond donors (Lipinski definition) is 1. The van der Waals surface area contributed by atoms with Crippen molar-refractivity contribution in [2.75, 3.05) is 34.2 Å². The van der Waals surface area contributed by atoms with Crippen molar-refractivity contribution < 1.29 is 38.2 Å². The maximum absolute atomic E-state index is 11.4. The van der Waals surface area contributed by atoms with Gasteiger partial charge in [0.15, 0.2) is 0 Å². The number of likely N-dealkylation sites (tertiary alicyclic amines) is 2. The van der Waals surface area contributed by atoms with Crippen molar-refractivity contribution in [3.05, 3.63) is 185 Å². The lowest BCUT2D eigenvalue weighted by molar-refractivity contribution is -0.122. The third-order valence-electron chi connectivity index (χ3n) is 16.4. The Balaban J connectivity index is 0.000000222. The van der Waals surface area contributed by atoms with E-state index in [1.165, 1.54) is 27.8 Å². The number of ether oxygens (including phenoxy) is 2. The molecule has 1 N–H and O–H groups in total. The second-order valence-corrected chi connectivity index (χ2v) is 23.5. The number of aromatic amines is 1. The summed E-state index contributed by atoms with van der Waals surface area (Å²) in [5.74, 6) is 3.90. The Morgan fingerprint density at radius 3 is 1.13 bits per heavy atom. The van der Waals surface area contributed by atoms with E-state index in [9.17, 15) is 28.8 Å². The molecule has 5 aromatic carbocycles. The maximum Gasteiger partial charge on any atom is 0.147 e. The molecule has 0 spiro atoms. The van der Waals surface area contributed by atoms with Gasteiger partial charge in [-0.25, -0.2) is 4.98 Å². The fourth-order valence-corrected chi connectivity index (χ4v) is 10.9. The van der Waals surface area contributed by atoms with Crippen LogP contribution >= 0.6 is 0 Å². The van der Waals surface area contributed by atoms with Gasteiger partial charge < -0.3 is 14.5 Å². The van der Waals surface area contributed by atoms with Crippen LogP contribution < -0.4 is 9.47 Å². The average molecular weight is 1170 g/mol. The third kappa shape index (κ3) is 25.0. The first-order valence-electron chi connectivity index (χ1n) is 30.7. The molecule has 13 nitrogen and oxygen atoms in total. The molecule has 3 aliphatic heterocycles. The molecule has 2 saturated heterocycles. The molecule has 1 aromatic heterocycles. The van der Waals surface area contributed by atoms with Gasteiger partial charge in [-0.3, -0.25) is 43.5 Å². The second kappa shape index (κ2) is 37.4. The van der Waals surface area contributed by atoms with Crippen LogP contribution in [0.5, 0.6) is 11.5 Å². The van der Waals surface area contributed by atoms with Crippen LogP contribution in [0.2, 0.25) is 0 Å². The Bertz CT molecular complexity index is 2830. The van der Waals surface area contributed by atoms with E-state index in [0.29, 0.717) is 17.3 Å². The molecule has 3 aliphatic rings. The number of rotatable bonds is 19. The van der Waals surface area contributed by atoms with Gasteiger partial charge in [0.05, 0.1) is 35.8 Å². The van der Waals surface area contributed by atoms with E-state index >= 15 is 0 Å². The molecular weight excluding hydrogens is 1070 g/mol. The first kappa shape index (κ1) is 71.3. The molecule has 0 radical (unpaired) electrons. The zero-order valence-electron chi connectivity index (χ0n) is 54.0. The van der Waals surface area contributed by atoms with Gasteiger partial charge in [-0.15, -0.1) is 0 Å². The van der Waals surface area contributed by atoms with Crippen molar-refractivity contribution in [2.24, 2.45) is 17.8 Å². The number of nitrogens with one attached hydrogen (secondary N) is 1. The number of imidazole rings is 1. The summed E-state index contributed by atoms with van der Waals surface area (Å²) in [4.78, 5) is 81.1. The van der Waals surface area contributed by atoms with Gasteiger partial charge in [-0.2, -0.15) is 0 Å². The first-order valence-corrected chi connectivity index (χ1v) is 30.7. The SMILES string of the molecule is CC(=O)[C@@H]1C[C@@H](Oc2ccccc2)CN1C.CC(=O)[C@@H]1C[C@H](Oc2ccccc2)CN1C.CC(=O)[C@@H]1Cc2nc[nH]c2CN1C.CC[C@@H](Cc1ccc(C)cc1)C(C)=O.CC[C@@H](Cc1ccc(C)cc1)C(C)=O.CC[C@@H](Cc1ccccc1)C(C)=O. The lowest BCUT2D eigenvalue weighted by atomic mass is 9.93. The Morgan fingerprint density at radius 2 is 0.814 bits per heavy atom. The highest BCUT2D eigenvalue weighted by molar-refractivity contribution is 5.83. The number of aryl methyl sites for hydroxylation is 2. The number of hydrogen-bond acceptors (Lipinski definition) is 12. The molecule has 0 unspecified atom stereocenters. The number of fused-ring (bicyclic) bond motifs is 1. The molecule has 86 heavy (non-hydrogen) atoms. The largest absolute Gasteiger partial charge is 0.489 e. The van der Waals surface area contributed by atoms with E-state index in [-0.39, 0.29) is 65.4 Å². The molecule has 0 saturated carbocycles. The fourth-order valence-electron chi connectivity index (χ4n) is 10.9. The van der Waals surface area contributed by atoms with Crippen molar-refractivity contribution in [1.82, 2.24) is 24.7 Å². The summed E-state index contributed by atoms with van der Waals surface area (Å²) < 4.78 is 11.7. The molecule has 464 valence electrons. The molecule has 8 atom stereocenters. The monoisotopic (exact) mass is 1170 g/mol. The molecule has 6 aromatic rings. The lowest BCUT2D eigenvalue weighted by Crippen LogP contribution is -2.42. The number of H-pyrrole nitrogens is 1. The number of carbonyl (C=O) groups excluding carboxylic acids is 6. The minimum atomic E-state index is 0.01000. The van der Waals surface area contributed by atoms with E-state index in [0.717, 1.165) is 100 Å². The van der Waals surface area contributed by atoms with Gasteiger partial charge in [0.2, 0.25) is 0 Å². The zero-order chi connectivity index (χ0) is 63.3. The second-order valence-electron chi connectivity index (χ2n) is 23.5. The standard InChI is InChI=1S/2C13H17NO2.2C13H18O.C12H16O.C9H13N3O/c2*1-10(15)13-8-12(9-14(13)2)16-11-6-4-3-5-7-11;2*1-4-13(11(3)14)9-12-7-5-10(2)6-8-12;1-3-12(10(2)13)9-11-7-5-4-6-8-11;1-6(13)9-3-7-8(4-12(9)2)11-5-10-7/h2*3-7,12-13H,8-9H2,1-2H3;2*5-8,13H,4,9H2,1-3H3;4-8,12H,3,9H2,1-2H3;5,9H,3-4H2,1-2H3,(H,10,11)/t12-,13+;12-,13-;2*13-;12-;9-/m100000/s1. The molecular formula is C73H99N5O8. The van der Waals surface area contributed by atoms with Crippen LogP contribution in [0.25, 0.3) is 0 Å². The summed E-state index contributed by atoms with van der Waals surface area (Å²) in [6.45, 7) is 22.8. The van der Waals surface area contributed by atoms with Crippen molar-refractivity contribution >= 4 is 34.7 Å². The van der Waals surface area contributed by atoms with Gasteiger partial charge >= 0.3 is 0 Å². The van der Waals surface area contributed by atoms with Crippen molar-refractivity contribution in [1.29, 1.82) is 0 Å². The van der Waals surface area contributed by atoms with Gasteiger partial charge in [-0.1, -0.05) is 147 Å². The van der Waals surface area contributed by atoms with Crippen LogP contribution in [-0.2, 0) is 61.0 Å². The molecule has 0 aliphatic carbocycles. The highest BCUT2D eigenvalue weighted by Crippen LogP contribution is 2.25. The van der Waals surface area contributed by atoms with E-state index in [1.807, 2.05) is 100 Å². The summed E-state index contributed by atoms with van der Waals surface area (Å²) in [6.07, 6.45) is 9.72. The molecule has 4 heterocycles. The third-order valence-corrected chi connectivity index (χ3v) is 16.4. The van der Waals surface area contributed by atoms with Crippen LogP contribution in [0.3, 0.4) is 0 Å². The van der Waals surface area contributed by atoms with E-state index in [4.69, 9.17) is 9.47 Å². The Labute approximate surface area is 514 Å². The van der Waals surface area contributed by atoms with Crippen LogP contribution in [0.15, 0.2) is 146 Å². The molecule has 2 fully saturated rings. The minimum Gasteiger partial charge on any atom is -0.489 e. The molecule has 13 heteroatoms. The summed E-state index contributed by atoms with van der Waals surface area (Å²) in [5, 5.41) is 0. The van der Waals surface area contributed by atoms with Crippen LogP contribution in [0.1, 0.15) is 134 Å². The van der Waals surface area contributed by atoms with Gasteiger partial charge in [0.1, 0.15) is 58.4 Å². The fraction of sp³-hybridized carbons (Fsp3) is 0.466. The molecule has 0 bridgehead atoms. The predicted octanol–water partition coefficient (Wildman–Crippen LogP) is 13.0. The van der Waals surface area contributed by atoms with Crippen molar-refractivity contribution in [2.45, 2.75) is 171 Å². The summed E-state index contributed by atoms with van der Waals surface area (Å²) in [5.41, 5.74) is 8.49. The van der Waals surface area contributed by atoms with Crippen molar-refractivity contribution in [3.8, 4) is 11.5 Å². The number of aromatic nitrogens is 2. The normalized spacial score (nSPS) is 18.9. The van der Waals surface area contributed by atoms with Crippen LogP contribution in [0.4, 0.5) is 0 Å². The summed E-state index contributed by atoms with van der Waals surface area (Å²) in [7, 11) is 5.91.